The van der Waals surface area contributed by atoms with Crippen LogP contribution in [-0.2, 0) is 11.2 Å². The second-order valence-electron chi connectivity index (χ2n) is 5.78. The summed E-state index contributed by atoms with van der Waals surface area (Å²) in [5.74, 6) is 1.14. The van der Waals surface area contributed by atoms with Crippen molar-refractivity contribution in [3.8, 4) is 11.5 Å². The maximum Gasteiger partial charge on any atom is 0.275 e. The lowest BCUT2D eigenvalue weighted by Crippen LogP contribution is -2.24. The van der Waals surface area contributed by atoms with Gasteiger partial charge in [0.1, 0.15) is 28.8 Å². The van der Waals surface area contributed by atoms with Crippen LogP contribution in [0.3, 0.4) is 0 Å². The Morgan fingerprint density at radius 2 is 1.96 bits per heavy atom. The summed E-state index contributed by atoms with van der Waals surface area (Å²) >= 11 is 0. The number of hydrogen-bond donors (Lipinski definition) is 1. The van der Waals surface area contributed by atoms with E-state index < -0.39 is 5.82 Å². The van der Waals surface area contributed by atoms with E-state index in [9.17, 15) is 9.18 Å². The quantitative estimate of drug-likeness (QED) is 0.810. The molecule has 6 heteroatoms. The summed E-state index contributed by atoms with van der Waals surface area (Å²) < 4.78 is 23.9. The molecule has 1 amide bonds. The molecule has 134 valence electrons. The highest BCUT2D eigenvalue weighted by atomic mass is 19.1. The van der Waals surface area contributed by atoms with E-state index in [1.54, 1.807) is 7.11 Å². The van der Waals surface area contributed by atoms with Crippen molar-refractivity contribution in [1.82, 2.24) is 5.32 Å². The minimum atomic E-state index is -0.404. The fraction of sp³-hybridized carbons (Fsp3) is 0.200. The zero-order valence-corrected chi connectivity index (χ0v) is 14.6. The van der Waals surface area contributed by atoms with Crippen molar-refractivity contribution in [2.24, 2.45) is 4.99 Å². The molecular formula is C20H19FN2O3. The molecule has 0 unspecified atom stereocenters. The van der Waals surface area contributed by atoms with E-state index in [2.05, 4.69) is 10.3 Å². The van der Waals surface area contributed by atoms with Gasteiger partial charge in [0.2, 0.25) is 0 Å². The number of amidine groups is 1. The van der Waals surface area contributed by atoms with Gasteiger partial charge >= 0.3 is 0 Å². The molecule has 1 aliphatic heterocycles. The molecule has 2 aromatic rings. The molecule has 1 heterocycles. The second kappa shape index (κ2) is 7.82. The molecule has 0 spiro atoms. The van der Waals surface area contributed by atoms with E-state index in [1.807, 2.05) is 24.3 Å². The number of aryl methyl sites for hydroxylation is 1. The Labute approximate surface area is 151 Å². The van der Waals surface area contributed by atoms with Gasteiger partial charge in [0.05, 0.1) is 14.2 Å². The fourth-order valence-electron chi connectivity index (χ4n) is 2.69. The number of nitrogens with zero attached hydrogens (tertiary/aromatic N) is 1. The van der Waals surface area contributed by atoms with Crippen molar-refractivity contribution in [2.75, 3.05) is 14.2 Å². The topological polar surface area (TPSA) is 59.9 Å². The van der Waals surface area contributed by atoms with Gasteiger partial charge < -0.3 is 14.8 Å². The molecule has 0 aliphatic carbocycles. The highest BCUT2D eigenvalue weighted by Crippen LogP contribution is 2.24. The summed E-state index contributed by atoms with van der Waals surface area (Å²) in [6.45, 7) is 0. The molecule has 0 fully saturated rings. The lowest BCUT2D eigenvalue weighted by Gasteiger charge is -2.04. The molecule has 0 radical (unpaired) electrons. The maximum atomic E-state index is 13.5. The normalized spacial score (nSPS) is 15.0. The van der Waals surface area contributed by atoms with Crippen LogP contribution in [0.5, 0.6) is 11.5 Å². The number of carbonyl (C=O) groups excluding carboxylic acids is 1. The van der Waals surface area contributed by atoms with Gasteiger partial charge in [0.25, 0.3) is 5.91 Å². The van der Waals surface area contributed by atoms with Crippen molar-refractivity contribution in [3.05, 3.63) is 65.1 Å². The minimum absolute atomic E-state index is 0.231. The summed E-state index contributed by atoms with van der Waals surface area (Å²) in [7, 11) is 3.12. The average molecular weight is 354 g/mol. The first kappa shape index (κ1) is 17.7. The molecule has 0 bridgehead atoms. The Bertz CT molecular complexity index is 890. The van der Waals surface area contributed by atoms with Crippen LogP contribution in [0.4, 0.5) is 4.39 Å². The number of nitrogens with one attached hydrogen (secondary N) is 1. The summed E-state index contributed by atoms with van der Waals surface area (Å²) in [6.07, 6.45) is 2.82. The van der Waals surface area contributed by atoms with Crippen LogP contribution >= 0.6 is 0 Å². The highest BCUT2D eigenvalue weighted by molar-refractivity contribution is 6.14. The van der Waals surface area contributed by atoms with Crippen LogP contribution < -0.4 is 14.8 Å². The monoisotopic (exact) mass is 354 g/mol. The number of hydrogen-bond acceptors (Lipinski definition) is 4. The molecule has 0 aromatic heterocycles. The number of aliphatic imine (C=N–C) groups is 1. The van der Waals surface area contributed by atoms with Crippen LogP contribution in [0.1, 0.15) is 17.5 Å². The van der Waals surface area contributed by atoms with Crippen molar-refractivity contribution in [2.45, 2.75) is 12.8 Å². The summed E-state index contributed by atoms with van der Waals surface area (Å²) in [5.41, 5.74) is 1.79. The Hall–Kier alpha value is -3.15. The van der Waals surface area contributed by atoms with Gasteiger partial charge in [0.15, 0.2) is 0 Å². The van der Waals surface area contributed by atoms with Crippen molar-refractivity contribution >= 4 is 17.8 Å². The van der Waals surface area contributed by atoms with Gasteiger partial charge in [-0.1, -0.05) is 12.1 Å². The molecule has 1 N–H and O–H groups in total. The zero-order valence-electron chi connectivity index (χ0n) is 14.6. The van der Waals surface area contributed by atoms with Crippen LogP contribution in [-0.4, -0.2) is 26.0 Å². The minimum Gasteiger partial charge on any atom is -0.497 e. The second-order valence-corrected chi connectivity index (χ2v) is 5.78. The van der Waals surface area contributed by atoms with Gasteiger partial charge in [0, 0.05) is 12.0 Å². The zero-order chi connectivity index (χ0) is 18.5. The fourth-order valence-corrected chi connectivity index (χ4v) is 2.69. The lowest BCUT2D eigenvalue weighted by molar-refractivity contribution is -0.115. The van der Waals surface area contributed by atoms with Crippen LogP contribution in [0.15, 0.2) is 53.2 Å². The predicted octanol–water partition coefficient (Wildman–Crippen LogP) is 3.34. The molecule has 2 aromatic carbocycles. The summed E-state index contributed by atoms with van der Waals surface area (Å²) in [4.78, 5) is 16.5. The molecule has 3 rings (SSSR count). The third-order valence-electron chi connectivity index (χ3n) is 4.01. The Kier molecular flexibility index (Phi) is 5.31. The van der Waals surface area contributed by atoms with Gasteiger partial charge in [-0.05, 0) is 48.4 Å². The number of benzene rings is 2. The first-order valence-corrected chi connectivity index (χ1v) is 8.16. The predicted molar refractivity (Wildman–Crippen MR) is 97.8 cm³/mol. The molecule has 26 heavy (non-hydrogen) atoms. The van der Waals surface area contributed by atoms with Gasteiger partial charge in [-0.25, -0.2) is 9.38 Å². The third kappa shape index (κ3) is 4.08. The molecular weight excluding hydrogens is 335 g/mol. The highest BCUT2D eigenvalue weighted by Gasteiger charge is 2.20. The molecule has 5 nitrogen and oxygen atoms in total. The standard InChI is InChI=1S/C20H19FN2O3/c1-25-16-5-3-4-13(10-16)6-9-19-22-17(20(24)23-19)12-14-11-15(21)7-8-18(14)26-2/h3-5,7-8,10-12H,6,9H2,1-2H3,(H,22,23,24)/b17-12+. The van der Waals surface area contributed by atoms with E-state index in [4.69, 9.17) is 9.47 Å². The lowest BCUT2D eigenvalue weighted by atomic mass is 10.1. The molecule has 0 atom stereocenters. The number of rotatable bonds is 6. The van der Waals surface area contributed by atoms with E-state index in [0.717, 1.165) is 11.3 Å². The molecule has 1 aliphatic rings. The van der Waals surface area contributed by atoms with Crippen molar-refractivity contribution in [3.63, 3.8) is 0 Å². The first-order valence-electron chi connectivity index (χ1n) is 8.16. The van der Waals surface area contributed by atoms with Gasteiger partial charge in [-0.2, -0.15) is 0 Å². The van der Waals surface area contributed by atoms with Crippen LogP contribution in [0.25, 0.3) is 6.08 Å². The number of methoxy groups -OCH3 is 2. The number of carbonyl (C=O) groups is 1. The number of ether oxygens (including phenoxy) is 2. The largest absolute Gasteiger partial charge is 0.497 e. The van der Waals surface area contributed by atoms with E-state index in [0.29, 0.717) is 30.0 Å². The average Bonchev–Trinajstić information content (AvgIpc) is 3.00. The van der Waals surface area contributed by atoms with E-state index >= 15 is 0 Å². The molecule has 0 saturated carbocycles. The summed E-state index contributed by atoms with van der Waals surface area (Å²) in [5, 5.41) is 2.75. The molecule has 0 saturated heterocycles. The number of amides is 1. The van der Waals surface area contributed by atoms with E-state index in [-0.39, 0.29) is 11.6 Å². The Morgan fingerprint density at radius 3 is 2.73 bits per heavy atom. The van der Waals surface area contributed by atoms with Crippen LogP contribution in [0.2, 0.25) is 0 Å². The summed E-state index contributed by atoms with van der Waals surface area (Å²) in [6, 6.07) is 11.9. The number of halogens is 1. The third-order valence-corrected chi connectivity index (χ3v) is 4.01. The maximum absolute atomic E-state index is 13.5. The van der Waals surface area contributed by atoms with Gasteiger partial charge in [-0.3, -0.25) is 4.79 Å². The van der Waals surface area contributed by atoms with E-state index in [1.165, 1.54) is 31.4 Å². The van der Waals surface area contributed by atoms with Crippen LogP contribution in [0, 0.1) is 5.82 Å². The Balaban J connectivity index is 1.75. The van der Waals surface area contributed by atoms with Crippen molar-refractivity contribution < 1.29 is 18.7 Å². The van der Waals surface area contributed by atoms with Gasteiger partial charge in [-0.15, -0.1) is 0 Å². The SMILES string of the molecule is COc1cccc(CCC2=N/C(=C/c3cc(F)ccc3OC)C(=O)N2)c1. The van der Waals surface area contributed by atoms with Crippen molar-refractivity contribution in [1.29, 1.82) is 0 Å². The first-order chi connectivity index (χ1) is 12.6. The Morgan fingerprint density at radius 1 is 1.12 bits per heavy atom. The smallest absolute Gasteiger partial charge is 0.275 e.